The number of nitro benzene ring substituents is 1. The summed E-state index contributed by atoms with van der Waals surface area (Å²) in [6, 6.07) is 1.57. The van der Waals surface area contributed by atoms with E-state index in [0.29, 0.717) is 0 Å². The van der Waals surface area contributed by atoms with Crippen LogP contribution in [-0.4, -0.2) is 24.1 Å². The molecule has 0 aliphatic rings. The summed E-state index contributed by atoms with van der Waals surface area (Å²) >= 11 is 5.66. The van der Waals surface area contributed by atoms with Gasteiger partial charge in [-0.2, -0.15) is 4.39 Å². The minimum Gasteiger partial charge on any atom is -0.477 e. The molecule has 8 heteroatoms. The number of esters is 1. The Morgan fingerprint density at radius 1 is 1.56 bits per heavy atom. The van der Waals surface area contributed by atoms with Crippen molar-refractivity contribution in [1.82, 2.24) is 0 Å². The zero-order valence-electron chi connectivity index (χ0n) is 9.48. The number of ether oxygens (including phenoxy) is 2. The monoisotopic (exact) mass is 277 g/mol. The lowest BCUT2D eigenvalue weighted by Gasteiger charge is -2.13. The van der Waals surface area contributed by atoms with Crippen molar-refractivity contribution < 1.29 is 23.6 Å². The van der Waals surface area contributed by atoms with Crippen LogP contribution in [0.5, 0.6) is 5.75 Å². The normalized spacial score (nSPS) is 11.8. The third-order valence-corrected chi connectivity index (χ3v) is 2.33. The van der Waals surface area contributed by atoms with Crippen LogP contribution in [0.15, 0.2) is 12.1 Å². The van der Waals surface area contributed by atoms with Crippen LogP contribution in [0.25, 0.3) is 0 Å². The van der Waals surface area contributed by atoms with Gasteiger partial charge >= 0.3 is 11.7 Å². The van der Waals surface area contributed by atoms with E-state index >= 15 is 0 Å². The second kappa shape index (κ2) is 5.63. The van der Waals surface area contributed by atoms with Gasteiger partial charge in [-0.15, -0.1) is 0 Å². The van der Waals surface area contributed by atoms with Crippen LogP contribution in [0.3, 0.4) is 0 Å². The minimum absolute atomic E-state index is 0.164. The molecule has 1 aromatic carbocycles. The summed E-state index contributed by atoms with van der Waals surface area (Å²) in [6.07, 6.45) is -1.02. The van der Waals surface area contributed by atoms with E-state index < -0.39 is 28.5 Å². The van der Waals surface area contributed by atoms with E-state index in [4.69, 9.17) is 16.3 Å². The van der Waals surface area contributed by atoms with E-state index in [1.165, 1.54) is 6.92 Å². The van der Waals surface area contributed by atoms with E-state index in [9.17, 15) is 19.3 Å². The van der Waals surface area contributed by atoms with Gasteiger partial charge in [0, 0.05) is 6.07 Å². The highest BCUT2D eigenvalue weighted by atomic mass is 35.5. The molecule has 0 saturated carbocycles. The Bertz CT molecular complexity index is 493. The molecule has 0 radical (unpaired) electrons. The van der Waals surface area contributed by atoms with Gasteiger partial charge in [0.2, 0.25) is 5.82 Å². The second-order valence-corrected chi connectivity index (χ2v) is 3.68. The lowest BCUT2D eigenvalue weighted by atomic mass is 10.3. The zero-order chi connectivity index (χ0) is 13.9. The number of halogens is 2. The van der Waals surface area contributed by atoms with Crippen molar-refractivity contribution in [3.05, 3.63) is 33.1 Å². The fourth-order valence-corrected chi connectivity index (χ4v) is 1.35. The predicted octanol–water partition coefficient (Wildman–Crippen LogP) is 2.33. The molecule has 0 bridgehead atoms. The van der Waals surface area contributed by atoms with Crippen LogP contribution in [0.2, 0.25) is 5.02 Å². The molecule has 0 spiro atoms. The Labute approximate surface area is 106 Å². The van der Waals surface area contributed by atoms with Crippen molar-refractivity contribution in [2.24, 2.45) is 0 Å². The van der Waals surface area contributed by atoms with E-state index in [-0.39, 0.29) is 10.8 Å². The smallest absolute Gasteiger partial charge is 0.346 e. The molecule has 0 aliphatic carbocycles. The largest absolute Gasteiger partial charge is 0.477 e. The molecule has 1 aromatic rings. The summed E-state index contributed by atoms with van der Waals surface area (Å²) in [4.78, 5) is 20.7. The highest BCUT2D eigenvalue weighted by Crippen LogP contribution is 2.32. The van der Waals surface area contributed by atoms with Crippen molar-refractivity contribution in [2.75, 3.05) is 7.11 Å². The first-order valence-electron chi connectivity index (χ1n) is 4.74. The molecular formula is C10H9ClFNO5. The number of nitro groups is 1. The molecule has 6 nitrogen and oxygen atoms in total. The Morgan fingerprint density at radius 2 is 2.17 bits per heavy atom. The first-order valence-corrected chi connectivity index (χ1v) is 5.12. The molecule has 1 atom stereocenters. The maximum absolute atomic E-state index is 13.2. The Hall–Kier alpha value is -1.89. The number of hydrogen-bond donors (Lipinski definition) is 0. The van der Waals surface area contributed by atoms with Crippen molar-refractivity contribution in [3.63, 3.8) is 0 Å². The van der Waals surface area contributed by atoms with Gasteiger partial charge in [0.25, 0.3) is 0 Å². The fraction of sp³-hybridized carbons (Fsp3) is 0.300. The average molecular weight is 278 g/mol. The highest BCUT2D eigenvalue weighted by Gasteiger charge is 2.22. The quantitative estimate of drug-likeness (QED) is 0.479. The third kappa shape index (κ3) is 3.07. The number of rotatable bonds is 4. The number of carbonyl (C=O) groups excluding carboxylic acids is 1. The summed E-state index contributed by atoms with van der Waals surface area (Å²) in [5, 5.41) is 10.4. The SMILES string of the molecule is COC(=O)[C@@H](C)Oc1cc([N+](=O)[O-])c(F)cc1Cl. The number of benzene rings is 1. The molecular weight excluding hydrogens is 269 g/mol. The average Bonchev–Trinajstić information content (AvgIpc) is 2.30. The molecule has 0 unspecified atom stereocenters. The highest BCUT2D eigenvalue weighted by molar-refractivity contribution is 6.32. The molecule has 0 amide bonds. The molecule has 0 aromatic heterocycles. The van der Waals surface area contributed by atoms with Crippen LogP contribution in [-0.2, 0) is 9.53 Å². The molecule has 0 aliphatic heterocycles. The molecule has 98 valence electrons. The van der Waals surface area contributed by atoms with Crippen LogP contribution < -0.4 is 4.74 Å². The van der Waals surface area contributed by atoms with E-state index in [2.05, 4.69) is 4.74 Å². The Balaban J connectivity index is 3.06. The predicted molar refractivity (Wildman–Crippen MR) is 60.2 cm³/mol. The van der Waals surface area contributed by atoms with Crippen molar-refractivity contribution >= 4 is 23.3 Å². The summed E-state index contributed by atoms with van der Waals surface area (Å²) in [7, 11) is 1.16. The topological polar surface area (TPSA) is 78.7 Å². The Kier molecular flexibility index (Phi) is 4.43. The van der Waals surface area contributed by atoms with Crippen molar-refractivity contribution in [3.8, 4) is 5.75 Å². The lowest BCUT2D eigenvalue weighted by Crippen LogP contribution is -2.25. The number of methoxy groups -OCH3 is 1. The van der Waals surface area contributed by atoms with Gasteiger partial charge in [-0.3, -0.25) is 10.1 Å². The van der Waals surface area contributed by atoms with Crippen LogP contribution in [0.4, 0.5) is 10.1 Å². The molecule has 0 fully saturated rings. The third-order valence-electron chi connectivity index (χ3n) is 2.03. The van der Waals surface area contributed by atoms with Gasteiger partial charge in [0.1, 0.15) is 5.75 Å². The van der Waals surface area contributed by atoms with E-state index in [0.717, 1.165) is 19.2 Å². The van der Waals surface area contributed by atoms with Gasteiger partial charge in [-0.25, -0.2) is 4.79 Å². The standard InChI is InChI=1S/C10H9ClFNO5/c1-5(10(14)17-2)18-9-4-8(13(15)16)7(12)3-6(9)11/h3-5H,1-2H3/t5-/m1/s1. The molecule has 0 saturated heterocycles. The summed E-state index contributed by atoms with van der Waals surface area (Å²) in [6.45, 7) is 1.37. The summed E-state index contributed by atoms with van der Waals surface area (Å²) < 4.78 is 22.6. The minimum atomic E-state index is -1.08. The maximum Gasteiger partial charge on any atom is 0.346 e. The fourth-order valence-electron chi connectivity index (χ4n) is 1.15. The van der Waals surface area contributed by atoms with Crippen LogP contribution in [0, 0.1) is 15.9 Å². The molecule has 18 heavy (non-hydrogen) atoms. The van der Waals surface area contributed by atoms with Gasteiger partial charge < -0.3 is 9.47 Å². The zero-order valence-corrected chi connectivity index (χ0v) is 10.2. The maximum atomic E-state index is 13.2. The van der Waals surface area contributed by atoms with Crippen molar-refractivity contribution in [2.45, 2.75) is 13.0 Å². The molecule has 1 rings (SSSR count). The summed E-state index contributed by atoms with van der Waals surface area (Å²) in [5.41, 5.74) is -0.786. The van der Waals surface area contributed by atoms with Gasteiger partial charge in [0.05, 0.1) is 23.1 Å². The van der Waals surface area contributed by atoms with Crippen molar-refractivity contribution in [1.29, 1.82) is 0 Å². The number of hydrogen-bond acceptors (Lipinski definition) is 5. The van der Waals surface area contributed by atoms with E-state index in [1.54, 1.807) is 0 Å². The first kappa shape index (κ1) is 14.2. The van der Waals surface area contributed by atoms with Gasteiger partial charge in [0.15, 0.2) is 6.10 Å². The van der Waals surface area contributed by atoms with Crippen LogP contribution >= 0.6 is 11.6 Å². The van der Waals surface area contributed by atoms with Gasteiger partial charge in [-0.05, 0) is 6.92 Å². The lowest BCUT2D eigenvalue weighted by molar-refractivity contribution is -0.387. The first-order chi connectivity index (χ1) is 8.36. The van der Waals surface area contributed by atoms with Crippen LogP contribution in [0.1, 0.15) is 6.92 Å². The van der Waals surface area contributed by atoms with Gasteiger partial charge in [-0.1, -0.05) is 11.6 Å². The summed E-state index contributed by atoms with van der Waals surface area (Å²) in [5.74, 6) is -1.93. The second-order valence-electron chi connectivity index (χ2n) is 3.27. The molecule has 0 heterocycles. The number of nitrogens with zero attached hydrogens (tertiary/aromatic N) is 1. The molecule has 0 N–H and O–H groups in total. The van der Waals surface area contributed by atoms with E-state index in [1.807, 2.05) is 0 Å². The Morgan fingerprint density at radius 3 is 2.67 bits per heavy atom. The number of carbonyl (C=O) groups is 1.